The van der Waals surface area contributed by atoms with Crippen LogP contribution >= 0.6 is 0 Å². The summed E-state index contributed by atoms with van der Waals surface area (Å²) in [6, 6.07) is 9.34. The Kier molecular flexibility index (Phi) is 7.08. The van der Waals surface area contributed by atoms with Crippen molar-refractivity contribution in [2.75, 3.05) is 19.5 Å². The Hall–Kier alpha value is -3.42. The van der Waals surface area contributed by atoms with Crippen LogP contribution in [0.5, 0.6) is 5.75 Å². The predicted molar refractivity (Wildman–Crippen MR) is 98.9 cm³/mol. The van der Waals surface area contributed by atoms with Gasteiger partial charge in [-0.25, -0.2) is 14.0 Å². The van der Waals surface area contributed by atoms with Crippen LogP contribution in [0, 0.1) is 5.82 Å². The Labute approximate surface area is 161 Å². The third-order valence-corrected chi connectivity index (χ3v) is 3.80. The summed E-state index contributed by atoms with van der Waals surface area (Å²) in [5.74, 6) is -1.92. The van der Waals surface area contributed by atoms with Crippen molar-refractivity contribution in [2.24, 2.45) is 0 Å². The highest BCUT2D eigenvalue weighted by Crippen LogP contribution is 2.19. The minimum Gasteiger partial charge on any atom is -0.481 e. The number of rotatable bonds is 7. The highest BCUT2D eigenvalue weighted by molar-refractivity contribution is 6.00. The maximum absolute atomic E-state index is 13.0. The van der Waals surface area contributed by atoms with Crippen LogP contribution in [0.25, 0.3) is 0 Å². The highest BCUT2D eigenvalue weighted by Gasteiger charge is 2.21. The summed E-state index contributed by atoms with van der Waals surface area (Å²) in [4.78, 5) is 36.2. The van der Waals surface area contributed by atoms with Gasteiger partial charge in [0, 0.05) is 5.69 Å². The molecule has 0 radical (unpaired) electrons. The third kappa shape index (κ3) is 5.29. The second-order valence-electron chi connectivity index (χ2n) is 5.74. The van der Waals surface area contributed by atoms with E-state index in [0.29, 0.717) is 12.2 Å². The maximum atomic E-state index is 13.0. The molecule has 28 heavy (non-hydrogen) atoms. The van der Waals surface area contributed by atoms with Crippen molar-refractivity contribution < 1.29 is 33.0 Å². The first kappa shape index (κ1) is 20.9. The molecule has 1 amide bonds. The molecule has 0 aliphatic rings. The number of methoxy groups -OCH3 is 2. The number of carbonyl (C=O) groups is 3. The fraction of sp³-hybridized carbons (Fsp3) is 0.250. The van der Waals surface area contributed by atoms with Crippen LogP contribution in [0.4, 0.5) is 10.1 Å². The van der Waals surface area contributed by atoms with Gasteiger partial charge in [0.1, 0.15) is 11.6 Å². The molecule has 0 bridgehead atoms. The Morgan fingerprint density at radius 2 is 1.50 bits per heavy atom. The molecule has 2 rings (SSSR count). The summed E-state index contributed by atoms with van der Waals surface area (Å²) >= 11 is 0. The zero-order chi connectivity index (χ0) is 20.7. The first-order valence-electron chi connectivity index (χ1n) is 8.42. The van der Waals surface area contributed by atoms with E-state index >= 15 is 0 Å². The number of hydrogen-bond acceptors (Lipinski definition) is 6. The average molecular weight is 389 g/mol. The number of halogens is 1. The van der Waals surface area contributed by atoms with E-state index in [0.717, 1.165) is 0 Å². The van der Waals surface area contributed by atoms with E-state index in [-0.39, 0.29) is 16.8 Å². The molecule has 1 unspecified atom stereocenters. The normalized spacial score (nSPS) is 11.3. The minimum atomic E-state index is -0.867. The summed E-state index contributed by atoms with van der Waals surface area (Å²) in [5, 5.41) is 2.61. The molecule has 1 atom stereocenters. The second-order valence-corrected chi connectivity index (χ2v) is 5.74. The van der Waals surface area contributed by atoms with E-state index in [1.54, 1.807) is 6.92 Å². The molecule has 2 aromatic carbocycles. The topological polar surface area (TPSA) is 90.9 Å². The number of anilines is 1. The van der Waals surface area contributed by atoms with Gasteiger partial charge in [-0.1, -0.05) is 6.92 Å². The number of hydrogen-bond donors (Lipinski definition) is 1. The summed E-state index contributed by atoms with van der Waals surface area (Å²) in [7, 11) is 2.41. The first-order chi connectivity index (χ1) is 13.4. The number of ether oxygens (including phenoxy) is 3. The first-order valence-corrected chi connectivity index (χ1v) is 8.42. The van der Waals surface area contributed by atoms with Gasteiger partial charge in [-0.15, -0.1) is 0 Å². The lowest BCUT2D eigenvalue weighted by molar-refractivity contribution is -0.122. The number of esters is 2. The molecule has 0 fully saturated rings. The van der Waals surface area contributed by atoms with E-state index in [9.17, 15) is 18.8 Å². The highest BCUT2D eigenvalue weighted by atomic mass is 19.1. The molecule has 148 valence electrons. The van der Waals surface area contributed by atoms with Crippen molar-refractivity contribution >= 4 is 23.5 Å². The zero-order valence-electron chi connectivity index (χ0n) is 15.7. The Morgan fingerprint density at radius 1 is 0.964 bits per heavy atom. The van der Waals surface area contributed by atoms with Gasteiger partial charge in [-0.05, 0) is 48.9 Å². The maximum Gasteiger partial charge on any atom is 0.337 e. The van der Waals surface area contributed by atoms with Crippen LogP contribution in [0.3, 0.4) is 0 Å². The van der Waals surface area contributed by atoms with Crippen LogP contribution in [0.15, 0.2) is 42.5 Å². The summed E-state index contributed by atoms with van der Waals surface area (Å²) < 4.78 is 27.9. The molecular formula is C20H20FNO6. The van der Waals surface area contributed by atoms with E-state index in [1.165, 1.54) is 56.7 Å². The number of benzene rings is 2. The smallest absolute Gasteiger partial charge is 0.337 e. The lowest BCUT2D eigenvalue weighted by Gasteiger charge is -2.18. The van der Waals surface area contributed by atoms with E-state index in [4.69, 9.17) is 4.74 Å². The van der Waals surface area contributed by atoms with E-state index < -0.39 is 29.8 Å². The van der Waals surface area contributed by atoms with Crippen molar-refractivity contribution in [3.63, 3.8) is 0 Å². The molecule has 0 aliphatic heterocycles. The number of amides is 1. The van der Waals surface area contributed by atoms with Crippen LogP contribution in [-0.2, 0) is 14.3 Å². The van der Waals surface area contributed by atoms with Crippen molar-refractivity contribution in [1.82, 2.24) is 0 Å². The molecule has 1 N–H and O–H groups in total. The zero-order valence-corrected chi connectivity index (χ0v) is 15.7. The fourth-order valence-electron chi connectivity index (χ4n) is 2.39. The van der Waals surface area contributed by atoms with Gasteiger partial charge in [0.05, 0.1) is 25.3 Å². The molecule has 8 heteroatoms. The standard InChI is InChI=1S/C20H20FNO6/c1-4-17(28-16-7-5-14(21)6-8-16)18(23)22-15-10-12(19(24)26-2)9-13(11-15)20(25)27-3/h5-11,17H,4H2,1-3H3,(H,22,23). The Bertz CT molecular complexity index is 831. The average Bonchev–Trinajstić information content (AvgIpc) is 2.71. The molecule has 0 saturated carbocycles. The van der Waals surface area contributed by atoms with Gasteiger partial charge >= 0.3 is 11.9 Å². The molecular weight excluding hydrogens is 369 g/mol. The van der Waals surface area contributed by atoms with Gasteiger partial charge in [-0.3, -0.25) is 4.79 Å². The SMILES string of the molecule is CCC(Oc1ccc(F)cc1)C(=O)Nc1cc(C(=O)OC)cc(C(=O)OC)c1. The minimum absolute atomic E-state index is 0.0770. The van der Waals surface area contributed by atoms with Crippen LogP contribution in [0.2, 0.25) is 0 Å². The van der Waals surface area contributed by atoms with Crippen LogP contribution < -0.4 is 10.1 Å². The third-order valence-electron chi connectivity index (χ3n) is 3.80. The largest absolute Gasteiger partial charge is 0.481 e. The fourth-order valence-corrected chi connectivity index (χ4v) is 2.39. The predicted octanol–water partition coefficient (Wildman–Crippen LogP) is 3.20. The van der Waals surface area contributed by atoms with E-state index in [2.05, 4.69) is 14.8 Å². The summed E-state index contributed by atoms with van der Waals surface area (Å²) in [5.41, 5.74) is 0.357. The van der Waals surface area contributed by atoms with Crippen LogP contribution in [-0.4, -0.2) is 38.2 Å². The molecule has 7 nitrogen and oxygen atoms in total. The van der Waals surface area contributed by atoms with Gasteiger partial charge in [0.25, 0.3) is 5.91 Å². The van der Waals surface area contributed by atoms with Gasteiger partial charge < -0.3 is 19.5 Å². The molecule has 0 aromatic heterocycles. The second kappa shape index (κ2) is 9.50. The van der Waals surface area contributed by atoms with Crippen molar-refractivity contribution in [3.8, 4) is 5.75 Å². The lowest BCUT2D eigenvalue weighted by Crippen LogP contribution is -2.32. The molecule has 0 spiro atoms. The van der Waals surface area contributed by atoms with Gasteiger partial charge in [0.2, 0.25) is 0 Å². The number of carbonyl (C=O) groups excluding carboxylic acids is 3. The molecule has 0 aliphatic carbocycles. The van der Waals surface area contributed by atoms with E-state index in [1.807, 2.05) is 0 Å². The summed E-state index contributed by atoms with van der Waals surface area (Å²) in [6.45, 7) is 1.75. The Balaban J connectivity index is 2.23. The molecule has 2 aromatic rings. The van der Waals surface area contributed by atoms with Crippen molar-refractivity contribution in [3.05, 3.63) is 59.4 Å². The molecule has 0 heterocycles. The monoisotopic (exact) mass is 389 g/mol. The van der Waals surface area contributed by atoms with Gasteiger partial charge in [-0.2, -0.15) is 0 Å². The quantitative estimate of drug-likeness (QED) is 0.732. The Morgan fingerprint density at radius 3 is 1.96 bits per heavy atom. The van der Waals surface area contributed by atoms with Gasteiger partial charge in [0.15, 0.2) is 6.10 Å². The van der Waals surface area contributed by atoms with Crippen LogP contribution in [0.1, 0.15) is 34.1 Å². The summed E-state index contributed by atoms with van der Waals surface area (Å²) in [6.07, 6.45) is -0.530. The number of nitrogens with one attached hydrogen (secondary N) is 1. The molecule has 0 saturated heterocycles. The lowest BCUT2D eigenvalue weighted by atomic mass is 10.1. The van der Waals surface area contributed by atoms with Crippen molar-refractivity contribution in [2.45, 2.75) is 19.4 Å². The van der Waals surface area contributed by atoms with Crippen molar-refractivity contribution in [1.29, 1.82) is 0 Å².